The number of likely N-dealkylation sites (tertiary alicyclic amines) is 1. The molecule has 1 aromatic carbocycles. The predicted octanol–water partition coefficient (Wildman–Crippen LogP) is 2.57. The van der Waals surface area contributed by atoms with Crippen LogP contribution in [0.15, 0.2) is 18.2 Å². The smallest absolute Gasteiger partial charge is 0.414 e. The zero-order valence-corrected chi connectivity index (χ0v) is 21.1. The SMILES string of the molecule is CC(=O)NC[C@H]1CN(c2ccc(N3CCNCC3SC(=S)CCN3CCCC3)c(F)c2)C(=O)O1. The van der Waals surface area contributed by atoms with Crippen molar-refractivity contribution in [3.8, 4) is 0 Å². The minimum atomic E-state index is -0.540. The number of piperazine rings is 1. The lowest BCUT2D eigenvalue weighted by Crippen LogP contribution is -2.50. The normalized spacial score (nSPS) is 23.3. The molecule has 0 radical (unpaired) electrons. The highest BCUT2D eigenvalue weighted by Crippen LogP contribution is 2.32. The first kappa shape index (κ1) is 25.2. The Balaban J connectivity index is 1.38. The predicted molar refractivity (Wildman–Crippen MR) is 137 cm³/mol. The number of thiocarbonyl (C=S) groups is 1. The van der Waals surface area contributed by atoms with Gasteiger partial charge in [-0.3, -0.25) is 9.69 Å². The molecule has 3 saturated heterocycles. The summed E-state index contributed by atoms with van der Waals surface area (Å²) in [6.07, 6.45) is 2.39. The number of rotatable bonds is 8. The monoisotopic (exact) mass is 509 g/mol. The number of amides is 2. The number of anilines is 2. The van der Waals surface area contributed by atoms with Crippen LogP contribution in [0.4, 0.5) is 20.6 Å². The van der Waals surface area contributed by atoms with Crippen LogP contribution in [0.3, 0.4) is 0 Å². The number of cyclic esters (lactones) is 1. The van der Waals surface area contributed by atoms with Crippen molar-refractivity contribution in [1.82, 2.24) is 15.5 Å². The first-order valence-corrected chi connectivity index (χ1v) is 13.1. The lowest BCUT2D eigenvalue weighted by atomic mass is 10.2. The second-order valence-corrected chi connectivity index (χ2v) is 10.9. The minimum absolute atomic E-state index is 0.0129. The maximum atomic E-state index is 15.3. The molecule has 3 aliphatic heterocycles. The topological polar surface area (TPSA) is 77.2 Å². The number of carbonyl (C=O) groups is 2. The Hall–Kier alpha value is -1.95. The molecule has 3 aliphatic rings. The first-order valence-electron chi connectivity index (χ1n) is 11.8. The van der Waals surface area contributed by atoms with Gasteiger partial charge in [0.2, 0.25) is 5.91 Å². The number of hydrogen-bond donors (Lipinski definition) is 2. The van der Waals surface area contributed by atoms with Gasteiger partial charge < -0.3 is 25.2 Å². The van der Waals surface area contributed by atoms with Gasteiger partial charge in [0.25, 0.3) is 0 Å². The van der Waals surface area contributed by atoms with Crippen molar-refractivity contribution >= 4 is 51.6 Å². The summed E-state index contributed by atoms with van der Waals surface area (Å²) < 4.78 is 21.5. The zero-order chi connectivity index (χ0) is 24.1. The number of halogens is 1. The number of thioether (sulfide) groups is 1. The largest absolute Gasteiger partial charge is 0.442 e. The summed E-state index contributed by atoms with van der Waals surface area (Å²) in [7, 11) is 0. The van der Waals surface area contributed by atoms with Gasteiger partial charge in [0.1, 0.15) is 11.9 Å². The van der Waals surface area contributed by atoms with Crippen LogP contribution in [0.25, 0.3) is 0 Å². The van der Waals surface area contributed by atoms with Crippen LogP contribution >= 0.6 is 24.0 Å². The molecule has 3 heterocycles. The number of hydrogen-bond acceptors (Lipinski definition) is 8. The molecule has 8 nitrogen and oxygen atoms in total. The maximum absolute atomic E-state index is 15.3. The fraction of sp³-hybridized carbons (Fsp3) is 0.609. The summed E-state index contributed by atoms with van der Waals surface area (Å²) in [5, 5.41) is 6.05. The van der Waals surface area contributed by atoms with Crippen LogP contribution in [0, 0.1) is 5.82 Å². The van der Waals surface area contributed by atoms with Crippen molar-refractivity contribution in [2.24, 2.45) is 0 Å². The van der Waals surface area contributed by atoms with Crippen LogP contribution in [-0.4, -0.2) is 84.9 Å². The first-order chi connectivity index (χ1) is 16.4. The molecule has 0 bridgehead atoms. The molecule has 0 saturated carbocycles. The molecule has 2 amide bonds. The molecule has 3 fully saturated rings. The van der Waals surface area contributed by atoms with E-state index in [0.29, 0.717) is 17.9 Å². The number of nitrogens with one attached hydrogen (secondary N) is 2. The van der Waals surface area contributed by atoms with Crippen LogP contribution in [0.5, 0.6) is 0 Å². The van der Waals surface area contributed by atoms with E-state index in [1.54, 1.807) is 23.9 Å². The Morgan fingerprint density at radius 2 is 2.12 bits per heavy atom. The molecule has 1 aromatic rings. The van der Waals surface area contributed by atoms with Crippen LogP contribution in [0.2, 0.25) is 0 Å². The molecule has 1 unspecified atom stereocenters. The van der Waals surface area contributed by atoms with Crippen molar-refractivity contribution in [2.75, 3.05) is 62.2 Å². The fourth-order valence-electron chi connectivity index (χ4n) is 4.52. The van der Waals surface area contributed by atoms with Crippen LogP contribution < -0.4 is 20.4 Å². The minimum Gasteiger partial charge on any atom is -0.442 e. The molecular weight excluding hydrogens is 477 g/mol. The lowest BCUT2D eigenvalue weighted by molar-refractivity contribution is -0.119. The Kier molecular flexibility index (Phi) is 8.62. The standard InChI is InChI=1S/C23H32FN5O3S2/c1-16(30)26-13-18-15-29(23(31)32-18)17-4-5-20(19(24)12-17)28-11-7-25-14-21(28)34-22(33)6-10-27-8-2-3-9-27/h4-5,12,18,21,25H,2-3,6-11,13-15H2,1H3,(H,26,30)/t18-,21?/m0/s1. The quantitative estimate of drug-likeness (QED) is 0.518. The van der Waals surface area contributed by atoms with Gasteiger partial charge in [0.05, 0.1) is 34.0 Å². The van der Waals surface area contributed by atoms with E-state index < -0.39 is 12.2 Å². The van der Waals surface area contributed by atoms with E-state index in [9.17, 15) is 9.59 Å². The van der Waals surface area contributed by atoms with E-state index in [1.165, 1.54) is 30.7 Å². The summed E-state index contributed by atoms with van der Waals surface area (Å²) in [5.74, 6) is -0.574. The Labute approximate surface area is 209 Å². The molecule has 34 heavy (non-hydrogen) atoms. The molecule has 11 heteroatoms. The summed E-state index contributed by atoms with van der Waals surface area (Å²) in [6.45, 7) is 7.36. The third-order valence-corrected chi connectivity index (χ3v) is 7.95. The van der Waals surface area contributed by atoms with Crippen molar-refractivity contribution in [3.05, 3.63) is 24.0 Å². The van der Waals surface area contributed by atoms with Crippen molar-refractivity contribution in [1.29, 1.82) is 0 Å². The second kappa shape index (κ2) is 11.7. The van der Waals surface area contributed by atoms with Crippen LogP contribution in [0.1, 0.15) is 26.2 Å². The van der Waals surface area contributed by atoms with Gasteiger partial charge in [-0.15, -0.1) is 0 Å². The molecular formula is C23H32FN5O3S2. The summed E-state index contributed by atoms with van der Waals surface area (Å²) >= 11 is 7.30. The van der Waals surface area contributed by atoms with Crippen molar-refractivity contribution < 1.29 is 18.7 Å². The molecule has 2 atom stereocenters. The van der Waals surface area contributed by atoms with Gasteiger partial charge in [-0.2, -0.15) is 0 Å². The van der Waals surface area contributed by atoms with Gasteiger partial charge in [-0.1, -0.05) is 24.0 Å². The molecule has 186 valence electrons. The van der Waals surface area contributed by atoms with Crippen molar-refractivity contribution in [3.63, 3.8) is 0 Å². The Morgan fingerprint density at radius 1 is 1.32 bits per heavy atom. The average Bonchev–Trinajstić information content (AvgIpc) is 3.46. The van der Waals surface area contributed by atoms with E-state index in [2.05, 4.69) is 20.4 Å². The second-order valence-electron chi connectivity index (χ2n) is 8.83. The Morgan fingerprint density at radius 3 is 2.85 bits per heavy atom. The number of ether oxygens (including phenoxy) is 1. The summed E-state index contributed by atoms with van der Waals surface area (Å²) in [4.78, 5) is 29.3. The lowest BCUT2D eigenvalue weighted by Gasteiger charge is -2.38. The molecule has 2 N–H and O–H groups in total. The van der Waals surface area contributed by atoms with E-state index in [1.807, 2.05) is 0 Å². The highest BCUT2D eigenvalue weighted by atomic mass is 32.2. The van der Waals surface area contributed by atoms with Gasteiger partial charge in [-0.05, 0) is 44.1 Å². The van der Waals surface area contributed by atoms with Crippen LogP contribution in [-0.2, 0) is 9.53 Å². The molecule has 0 spiro atoms. The summed E-state index contributed by atoms with van der Waals surface area (Å²) in [5.41, 5.74) is 0.949. The van der Waals surface area contributed by atoms with Gasteiger partial charge in [-0.25, -0.2) is 9.18 Å². The van der Waals surface area contributed by atoms with E-state index in [-0.39, 0.29) is 30.2 Å². The number of nitrogens with zero attached hydrogens (tertiary/aromatic N) is 3. The molecule has 0 aromatic heterocycles. The van der Waals surface area contributed by atoms with E-state index >= 15 is 4.39 Å². The van der Waals surface area contributed by atoms with E-state index in [4.69, 9.17) is 17.0 Å². The highest BCUT2D eigenvalue weighted by Gasteiger charge is 2.33. The van der Waals surface area contributed by atoms with Gasteiger partial charge >= 0.3 is 6.09 Å². The fourth-order valence-corrected chi connectivity index (χ4v) is 6.00. The molecule has 0 aliphatic carbocycles. The molecule has 4 rings (SSSR count). The highest BCUT2D eigenvalue weighted by molar-refractivity contribution is 8.23. The average molecular weight is 510 g/mol. The van der Waals surface area contributed by atoms with Gasteiger partial charge in [0, 0.05) is 39.5 Å². The van der Waals surface area contributed by atoms with E-state index in [0.717, 1.165) is 43.3 Å². The zero-order valence-electron chi connectivity index (χ0n) is 19.4. The van der Waals surface area contributed by atoms with Crippen molar-refractivity contribution in [2.45, 2.75) is 37.7 Å². The summed E-state index contributed by atoms with van der Waals surface area (Å²) in [6, 6.07) is 4.86. The Bertz CT molecular complexity index is 915. The van der Waals surface area contributed by atoms with Gasteiger partial charge in [0.15, 0.2) is 0 Å². The number of benzene rings is 1. The third kappa shape index (κ3) is 6.38. The maximum Gasteiger partial charge on any atom is 0.414 e. The third-order valence-electron chi connectivity index (χ3n) is 6.30. The number of carbonyl (C=O) groups excluding carboxylic acids is 2.